The van der Waals surface area contributed by atoms with Crippen molar-refractivity contribution in [2.24, 2.45) is 0 Å². The monoisotopic (exact) mass is 365 g/mol. The fraction of sp³-hybridized carbons (Fsp3) is 0.500. The SMILES string of the molecule is Cc1ccc2nc(C)c(C)c(C(=O)N3CCN(C4CCCC4)C(=O)C3)c2c1. The smallest absolute Gasteiger partial charge is 0.255 e. The summed E-state index contributed by atoms with van der Waals surface area (Å²) < 4.78 is 0. The number of nitrogens with zero attached hydrogens (tertiary/aromatic N) is 3. The molecule has 0 atom stereocenters. The van der Waals surface area contributed by atoms with Gasteiger partial charge >= 0.3 is 0 Å². The molecule has 142 valence electrons. The van der Waals surface area contributed by atoms with E-state index in [9.17, 15) is 9.59 Å². The van der Waals surface area contributed by atoms with Crippen molar-refractivity contribution in [2.75, 3.05) is 19.6 Å². The first-order valence-electron chi connectivity index (χ1n) is 9.92. The van der Waals surface area contributed by atoms with Crippen LogP contribution in [-0.2, 0) is 4.79 Å². The van der Waals surface area contributed by atoms with Crippen molar-refractivity contribution in [2.45, 2.75) is 52.5 Å². The highest BCUT2D eigenvalue weighted by molar-refractivity contribution is 6.08. The normalized spacial score (nSPS) is 18.6. The summed E-state index contributed by atoms with van der Waals surface area (Å²) in [7, 11) is 0. The van der Waals surface area contributed by atoms with E-state index in [2.05, 4.69) is 4.98 Å². The Balaban J connectivity index is 1.64. The topological polar surface area (TPSA) is 53.5 Å². The van der Waals surface area contributed by atoms with Gasteiger partial charge in [0.1, 0.15) is 6.54 Å². The van der Waals surface area contributed by atoms with E-state index in [0.717, 1.165) is 40.6 Å². The van der Waals surface area contributed by atoms with E-state index >= 15 is 0 Å². The highest BCUT2D eigenvalue weighted by Crippen LogP contribution is 2.28. The third-order valence-corrected chi connectivity index (χ3v) is 6.15. The Morgan fingerprint density at radius 1 is 1.11 bits per heavy atom. The largest absolute Gasteiger partial charge is 0.336 e. The van der Waals surface area contributed by atoms with Crippen molar-refractivity contribution in [1.82, 2.24) is 14.8 Å². The molecule has 1 aromatic heterocycles. The van der Waals surface area contributed by atoms with Crippen LogP contribution in [0.15, 0.2) is 18.2 Å². The summed E-state index contributed by atoms with van der Waals surface area (Å²) in [5.74, 6) is 0.0402. The zero-order valence-corrected chi connectivity index (χ0v) is 16.4. The lowest BCUT2D eigenvalue weighted by Crippen LogP contribution is -2.55. The highest BCUT2D eigenvalue weighted by Gasteiger charge is 2.34. The molecule has 2 amide bonds. The van der Waals surface area contributed by atoms with Crippen molar-refractivity contribution in [3.05, 3.63) is 40.6 Å². The van der Waals surface area contributed by atoms with Gasteiger partial charge in [0.2, 0.25) is 5.91 Å². The number of benzene rings is 1. The molecule has 0 unspecified atom stereocenters. The summed E-state index contributed by atoms with van der Waals surface area (Å²) in [6, 6.07) is 6.39. The molecule has 1 saturated carbocycles. The maximum absolute atomic E-state index is 13.4. The van der Waals surface area contributed by atoms with Gasteiger partial charge < -0.3 is 9.80 Å². The molecule has 0 N–H and O–H groups in total. The Morgan fingerprint density at radius 3 is 2.56 bits per heavy atom. The summed E-state index contributed by atoms with van der Waals surface area (Å²) in [6.07, 6.45) is 4.62. The first-order chi connectivity index (χ1) is 13.0. The molecule has 1 aromatic carbocycles. The molecule has 27 heavy (non-hydrogen) atoms. The number of aromatic nitrogens is 1. The summed E-state index contributed by atoms with van der Waals surface area (Å²) >= 11 is 0. The van der Waals surface area contributed by atoms with Gasteiger partial charge in [0.05, 0.1) is 11.1 Å². The van der Waals surface area contributed by atoms with Crippen LogP contribution in [0.1, 0.15) is 52.9 Å². The molecule has 0 spiro atoms. The molecule has 5 nitrogen and oxygen atoms in total. The summed E-state index contributed by atoms with van der Waals surface area (Å²) in [5.41, 5.74) is 4.41. The van der Waals surface area contributed by atoms with Crippen molar-refractivity contribution >= 4 is 22.7 Å². The molecule has 1 aliphatic heterocycles. The molecule has 4 rings (SSSR count). The van der Waals surface area contributed by atoms with Crippen LogP contribution >= 0.6 is 0 Å². The summed E-state index contributed by atoms with van der Waals surface area (Å²) in [5, 5.41) is 0.883. The summed E-state index contributed by atoms with van der Waals surface area (Å²) in [6.45, 7) is 7.35. The number of amides is 2. The first kappa shape index (κ1) is 18.0. The zero-order chi connectivity index (χ0) is 19.1. The molecule has 0 bridgehead atoms. The third kappa shape index (κ3) is 3.20. The van der Waals surface area contributed by atoms with Crippen LogP contribution in [0, 0.1) is 20.8 Å². The number of pyridine rings is 1. The highest BCUT2D eigenvalue weighted by atomic mass is 16.2. The first-order valence-corrected chi connectivity index (χ1v) is 9.92. The molecule has 1 aliphatic carbocycles. The molecule has 2 fully saturated rings. The second kappa shape index (κ2) is 6.95. The Morgan fingerprint density at radius 2 is 1.85 bits per heavy atom. The predicted molar refractivity (Wildman–Crippen MR) is 106 cm³/mol. The molecular weight excluding hydrogens is 338 g/mol. The van der Waals surface area contributed by atoms with Crippen LogP contribution in [0.3, 0.4) is 0 Å². The van der Waals surface area contributed by atoms with Gasteiger partial charge in [-0.15, -0.1) is 0 Å². The quantitative estimate of drug-likeness (QED) is 0.820. The number of rotatable bonds is 2. The Hall–Kier alpha value is -2.43. The Labute approximate surface area is 160 Å². The average molecular weight is 365 g/mol. The molecule has 2 aromatic rings. The zero-order valence-electron chi connectivity index (χ0n) is 16.4. The molecular formula is C22H27N3O2. The van der Waals surface area contributed by atoms with Gasteiger partial charge in [-0.05, 0) is 51.3 Å². The van der Waals surface area contributed by atoms with Crippen molar-refractivity contribution < 1.29 is 9.59 Å². The van der Waals surface area contributed by atoms with Crippen LogP contribution < -0.4 is 0 Å². The van der Waals surface area contributed by atoms with Crippen molar-refractivity contribution in [3.8, 4) is 0 Å². The van der Waals surface area contributed by atoms with Gasteiger partial charge in [-0.25, -0.2) is 0 Å². The maximum atomic E-state index is 13.4. The molecule has 2 aliphatic rings. The predicted octanol–water partition coefficient (Wildman–Crippen LogP) is 3.39. The van der Waals surface area contributed by atoms with Crippen LogP contribution in [0.2, 0.25) is 0 Å². The standard InChI is InChI=1S/C22H27N3O2/c1-14-8-9-19-18(12-14)21(15(2)16(3)23-19)22(27)24-10-11-25(20(26)13-24)17-6-4-5-7-17/h8-9,12,17H,4-7,10-11,13H2,1-3H3. The minimum absolute atomic E-state index is 0.0481. The van der Waals surface area contributed by atoms with E-state index < -0.39 is 0 Å². The number of aryl methyl sites for hydroxylation is 2. The lowest BCUT2D eigenvalue weighted by Gasteiger charge is -2.38. The fourth-order valence-corrected chi connectivity index (χ4v) is 4.49. The Bertz CT molecular complexity index is 915. The summed E-state index contributed by atoms with van der Waals surface area (Å²) in [4.78, 5) is 34.5. The van der Waals surface area contributed by atoms with E-state index in [1.165, 1.54) is 12.8 Å². The number of piperazine rings is 1. The lowest BCUT2D eigenvalue weighted by molar-refractivity contribution is -0.137. The number of hydrogen-bond acceptors (Lipinski definition) is 3. The van der Waals surface area contributed by atoms with E-state index in [1.54, 1.807) is 4.90 Å². The minimum Gasteiger partial charge on any atom is -0.336 e. The molecule has 2 heterocycles. The molecule has 1 saturated heterocycles. The lowest BCUT2D eigenvalue weighted by atomic mass is 9.98. The van der Waals surface area contributed by atoms with Gasteiger partial charge in [-0.1, -0.05) is 24.5 Å². The Kier molecular flexibility index (Phi) is 4.62. The minimum atomic E-state index is -0.0481. The molecule has 0 radical (unpaired) electrons. The van der Waals surface area contributed by atoms with Crippen LogP contribution in [-0.4, -0.2) is 52.3 Å². The van der Waals surface area contributed by atoms with E-state index in [1.807, 2.05) is 43.9 Å². The van der Waals surface area contributed by atoms with Crippen molar-refractivity contribution in [1.29, 1.82) is 0 Å². The maximum Gasteiger partial charge on any atom is 0.255 e. The van der Waals surface area contributed by atoms with Gasteiger partial charge in [-0.3, -0.25) is 14.6 Å². The van der Waals surface area contributed by atoms with E-state index in [4.69, 9.17) is 0 Å². The number of fused-ring (bicyclic) bond motifs is 1. The van der Waals surface area contributed by atoms with Gasteiger partial charge in [0.25, 0.3) is 5.91 Å². The number of hydrogen-bond donors (Lipinski definition) is 0. The number of carbonyl (C=O) groups excluding carboxylic acids is 2. The van der Waals surface area contributed by atoms with Crippen LogP contribution in [0.5, 0.6) is 0 Å². The second-order valence-corrected chi connectivity index (χ2v) is 7.97. The van der Waals surface area contributed by atoms with Gasteiger partial charge in [0.15, 0.2) is 0 Å². The van der Waals surface area contributed by atoms with E-state index in [-0.39, 0.29) is 18.4 Å². The third-order valence-electron chi connectivity index (χ3n) is 6.15. The molecule has 5 heteroatoms. The van der Waals surface area contributed by atoms with Crippen LogP contribution in [0.25, 0.3) is 10.9 Å². The van der Waals surface area contributed by atoms with Crippen LogP contribution in [0.4, 0.5) is 0 Å². The van der Waals surface area contributed by atoms with Gasteiger partial charge in [-0.2, -0.15) is 0 Å². The van der Waals surface area contributed by atoms with Gasteiger partial charge in [0, 0.05) is 30.2 Å². The fourth-order valence-electron chi connectivity index (χ4n) is 4.49. The number of carbonyl (C=O) groups is 2. The second-order valence-electron chi connectivity index (χ2n) is 7.97. The average Bonchev–Trinajstić information content (AvgIpc) is 3.17. The van der Waals surface area contributed by atoms with E-state index in [0.29, 0.717) is 24.7 Å². The van der Waals surface area contributed by atoms with Crippen molar-refractivity contribution in [3.63, 3.8) is 0 Å².